The highest BCUT2D eigenvalue weighted by atomic mass is 32.2. The van der Waals surface area contributed by atoms with Gasteiger partial charge in [0.1, 0.15) is 0 Å². The van der Waals surface area contributed by atoms with Gasteiger partial charge in [-0.15, -0.1) is 0 Å². The first-order valence-electron chi connectivity index (χ1n) is 10.3. The van der Waals surface area contributed by atoms with Gasteiger partial charge < -0.3 is 10.6 Å². The van der Waals surface area contributed by atoms with Crippen LogP contribution in [0.15, 0.2) is 77.7 Å². The zero-order valence-electron chi connectivity index (χ0n) is 17.1. The second-order valence-electron chi connectivity index (χ2n) is 7.68. The van der Waals surface area contributed by atoms with Gasteiger partial charge in [0.2, 0.25) is 0 Å². The van der Waals surface area contributed by atoms with Gasteiger partial charge in [0.05, 0.1) is 10.6 Å². The molecular weight excluding hydrogens is 394 g/mol. The number of benzene rings is 3. The predicted molar refractivity (Wildman–Crippen MR) is 123 cm³/mol. The fraction of sp³-hybridized carbons (Fsp3) is 0.250. The molecule has 3 N–H and O–H groups in total. The average Bonchev–Trinajstić information content (AvgIpc) is 3.27. The van der Waals surface area contributed by atoms with Crippen molar-refractivity contribution in [2.24, 2.45) is 0 Å². The van der Waals surface area contributed by atoms with Crippen LogP contribution in [0.2, 0.25) is 0 Å². The standard InChI is InChI=1S/C24H27N3O2S/c1-18-12-14-20(15-13-18)30(28,29)27-24-11-5-3-9-22(24)21-8-2-4-10-23(21)26-17-19-7-6-16-25-19/h2-5,8-15,19,25-27H,6-7,16-17H2,1H3/t19-/m0/s1. The summed E-state index contributed by atoms with van der Waals surface area (Å²) in [6.07, 6.45) is 2.37. The molecule has 0 aliphatic carbocycles. The molecule has 6 heteroatoms. The van der Waals surface area contributed by atoms with Gasteiger partial charge in [-0.05, 0) is 50.6 Å². The second-order valence-corrected chi connectivity index (χ2v) is 9.37. The number of nitrogens with one attached hydrogen (secondary N) is 3. The summed E-state index contributed by atoms with van der Waals surface area (Å²) in [6.45, 7) is 3.84. The minimum Gasteiger partial charge on any atom is -0.383 e. The van der Waals surface area contributed by atoms with Gasteiger partial charge in [-0.2, -0.15) is 0 Å². The zero-order valence-corrected chi connectivity index (χ0v) is 17.9. The largest absolute Gasteiger partial charge is 0.383 e. The zero-order chi connectivity index (χ0) is 21.0. The minimum atomic E-state index is -3.68. The summed E-state index contributed by atoms with van der Waals surface area (Å²) >= 11 is 0. The van der Waals surface area contributed by atoms with Gasteiger partial charge >= 0.3 is 0 Å². The quantitative estimate of drug-likeness (QED) is 0.520. The van der Waals surface area contributed by atoms with E-state index in [0.29, 0.717) is 11.7 Å². The lowest BCUT2D eigenvalue weighted by Gasteiger charge is -2.18. The van der Waals surface area contributed by atoms with Crippen molar-refractivity contribution >= 4 is 21.4 Å². The first-order chi connectivity index (χ1) is 14.5. The topological polar surface area (TPSA) is 70.2 Å². The molecule has 0 amide bonds. The van der Waals surface area contributed by atoms with Crippen LogP contribution >= 0.6 is 0 Å². The predicted octanol–water partition coefficient (Wildman–Crippen LogP) is 4.63. The van der Waals surface area contributed by atoms with Crippen LogP contribution in [0.25, 0.3) is 11.1 Å². The monoisotopic (exact) mass is 421 g/mol. The molecule has 1 fully saturated rings. The second kappa shape index (κ2) is 8.90. The molecule has 1 atom stereocenters. The Bertz CT molecular complexity index is 1110. The van der Waals surface area contributed by atoms with Crippen molar-refractivity contribution in [2.75, 3.05) is 23.1 Å². The van der Waals surface area contributed by atoms with Gasteiger partial charge in [-0.3, -0.25) is 4.72 Å². The van der Waals surface area contributed by atoms with E-state index in [2.05, 4.69) is 15.4 Å². The summed E-state index contributed by atoms with van der Waals surface area (Å²) in [5.74, 6) is 0. The number of sulfonamides is 1. The molecule has 3 aromatic carbocycles. The number of anilines is 2. The Labute approximate surface area is 178 Å². The first kappa shape index (κ1) is 20.4. The van der Waals surface area contributed by atoms with E-state index in [0.717, 1.165) is 35.5 Å². The van der Waals surface area contributed by atoms with E-state index < -0.39 is 10.0 Å². The van der Waals surface area contributed by atoms with Crippen molar-refractivity contribution in [3.63, 3.8) is 0 Å². The smallest absolute Gasteiger partial charge is 0.261 e. The van der Waals surface area contributed by atoms with Crippen molar-refractivity contribution in [3.05, 3.63) is 78.4 Å². The van der Waals surface area contributed by atoms with Crippen molar-refractivity contribution < 1.29 is 8.42 Å². The van der Waals surface area contributed by atoms with E-state index in [1.807, 2.05) is 49.4 Å². The Morgan fingerprint density at radius 3 is 2.20 bits per heavy atom. The molecule has 1 heterocycles. The van der Waals surface area contributed by atoms with E-state index in [4.69, 9.17) is 0 Å². The Hall–Kier alpha value is -2.83. The molecule has 4 rings (SSSR count). The maximum Gasteiger partial charge on any atom is 0.261 e. The minimum absolute atomic E-state index is 0.252. The van der Waals surface area contributed by atoms with Crippen LogP contribution in [-0.4, -0.2) is 27.5 Å². The van der Waals surface area contributed by atoms with Gasteiger partial charge in [0, 0.05) is 29.4 Å². The fourth-order valence-corrected chi connectivity index (χ4v) is 4.84. The Morgan fingerprint density at radius 1 is 0.900 bits per heavy atom. The number of aryl methyl sites for hydroxylation is 1. The highest BCUT2D eigenvalue weighted by molar-refractivity contribution is 7.92. The van der Waals surface area contributed by atoms with Crippen LogP contribution in [-0.2, 0) is 10.0 Å². The molecule has 0 saturated carbocycles. The highest BCUT2D eigenvalue weighted by Crippen LogP contribution is 2.34. The van der Waals surface area contributed by atoms with Gasteiger partial charge in [0.15, 0.2) is 0 Å². The maximum atomic E-state index is 12.9. The lowest BCUT2D eigenvalue weighted by molar-refractivity contribution is 0.601. The number of hydrogen-bond donors (Lipinski definition) is 3. The summed E-state index contributed by atoms with van der Waals surface area (Å²) in [7, 11) is -3.68. The molecule has 30 heavy (non-hydrogen) atoms. The highest BCUT2D eigenvalue weighted by Gasteiger charge is 2.18. The van der Waals surface area contributed by atoms with Crippen molar-refractivity contribution in [1.82, 2.24) is 5.32 Å². The average molecular weight is 422 g/mol. The summed E-state index contributed by atoms with van der Waals surface area (Å²) in [6, 6.07) is 22.9. The summed E-state index contributed by atoms with van der Waals surface area (Å²) in [4.78, 5) is 0.252. The Kier molecular flexibility index (Phi) is 6.06. The summed E-state index contributed by atoms with van der Waals surface area (Å²) in [5, 5.41) is 7.04. The van der Waals surface area contributed by atoms with Gasteiger partial charge in [-0.25, -0.2) is 8.42 Å². The van der Waals surface area contributed by atoms with Crippen LogP contribution in [0.3, 0.4) is 0 Å². The van der Waals surface area contributed by atoms with Crippen molar-refractivity contribution in [2.45, 2.75) is 30.7 Å². The molecule has 156 valence electrons. The van der Waals surface area contributed by atoms with Crippen LogP contribution in [0.1, 0.15) is 18.4 Å². The number of para-hydroxylation sites is 2. The molecule has 0 spiro atoms. The van der Waals surface area contributed by atoms with E-state index in [-0.39, 0.29) is 4.90 Å². The third-order valence-corrected chi connectivity index (χ3v) is 6.80. The lowest BCUT2D eigenvalue weighted by Crippen LogP contribution is -2.29. The first-order valence-corrected chi connectivity index (χ1v) is 11.8. The molecule has 1 saturated heterocycles. The molecule has 1 aliphatic rings. The lowest BCUT2D eigenvalue weighted by atomic mass is 10.0. The molecule has 0 unspecified atom stereocenters. The maximum absolute atomic E-state index is 12.9. The molecular formula is C24H27N3O2S. The summed E-state index contributed by atoms with van der Waals surface area (Å²) in [5.41, 5.74) is 4.39. The van der Waals surface area contributed by atoms with E-state index >= 15 is 0 Å². The van der Waals surface area contributed by atoms with Crippen LogP contribution in [0.4, 0.5) is 11.4 Å². The third kappa shape index (κ3) is 4.66. The van der Waals surface area contributed by atoms with Gasteiger partial charge in [0.25, 0.3) is 10.0 Å². The van der Waals surface area contributed by atoms with Crippen molar-refractivity contribution in [3.8, 4) is 11.1 Å². The van der Waals surface area contributed by atoms with Crippen LogP contribution in [0.5, 0.6) is 0 Å². The fourth-order valence-electron chi connectivity index (χ4n) is 3.76. The number of rotatable bonds is 7. The van der Waals surface area contributed by atoms with Crippen LogP contribution in [0, 0.1) is 6.92 Å². The Balaban J connectivity index is 1.63. The summed E-state index contributed by atoms with van der Waals surface area (Å²) < 4.78 is 28.7. The Morgan fingerprint density at radius 2 is 1.53 bits per heavy atom. The SMILES string of the molecule is Cc1ccc(S(=O)(=O)Nc2ccccc2-c2ccccc2NC[C@@H]2CCCN2)cc1. The van der Waals surface area contributed by atoms with E-state index in [1.165, 1.54) is 12.8 Å². The third-order valence-electron chi connectivity index (χ3n) is 5.42. The molecule has 0 radical (unpaired) electrons. The van der Waals surface area contributed by atoms with E-state index in [9.17, 15) is 8.42 Å². The van der Waals surface area contributed by atoms with Crippen LogP contribution < -0.4 is 15.4 Å². The molecule has 5 nitrogen and oxygen atoms in total. The van der Waals surface area contributed by atoms with Crippen molar-refractivity contribution in [1.29, 1.82) is 0 Å². The van der Waals surface area contributed by atoms with Gasteiger partial charge in [-0.1, -0.05) is 54.1 Å². The molecule has 3 aromatic rings. The number of hydrogen-bond acceptors (Lipinski definition) is 4. The molecule has 0 aromatic heterocycles. The molecule has 0 bridgehead atoms. The molecule has 1 aliphatic heterocycles. The van der Waals surface area contributed by atoms with E-state index in [1.54, 1.807) is 30.3 Å². The normalized spacial score (nSPS) is 16.4.